The third-order valence-electron chi connectivity index (χ3n) is 1.62. The topological polar surface area (TPSA) is 86.7 Å². The average molecular weight is 195 g/mol. The van der Waals surface area contributed by atoms with Crippen LogP contribution < -0.4 is 15.9 Å². The Morgan fingerprint density at radius 1 is 1.71 bits per heavy atom. The number of carbonyl (C=O) groups excluding carboxylic acids is 1. The predicted octanol–water partition coefficient (Wildman–Crippen LogP) is -0.581. The second kappa shape index (κ2) is 3.73. The summed E-state index contributed by atoms with van der Waals surface area (Å²) in [6.07, 6.45) is 1.29. The van der Waals surface area contributed by atoms with Gasteiger partial charge in [-0.15, -0.1) is 0 Å². The van der Waals surface area contributed by atoms with Crippen molar-refractivity contribution < 1.29 is 9.53 Å². The Hall–Kier alpha value is -2.11. The second-order valence-electron chi connectivity index (χ2n) is 2.41. The van der Waals surface area contributed by atoms with Gasteiger partial charge in [-0.05, 0) is 0 Å². The fourth-order valence-electron chi connectivity index (χ4n) is 1.05. The zero-order valence-electron chi connectivity index (χ0n) is 7.56. The molecule has 0 radical (unpaired) electrons. The molecule has 74 valence electrons. The number of ether oxygens (including phenoxy) is 1. The van der Waals surface area contributed by atoms with Crippen LogP contribution in [0.15, 0.2) is 22.2 Å². The molecular weight excluding hydrogens is 186 g/mol. The molecule has 1 aromatic heterocycles. The quantitative estimate of drug-likeness (QED) is 0.654. The zero-order chi connectivity index (χ0) is 10.7. The van der Waals surface area contributed by atoms with Crippen LogP contribution in [0.2, 0.25) is 0 Å². The number of hydrogen-bond donors (Lipinski definition) is 1. The molecule has 1 aromatic rings. The lowest BCUT2D eigenvalue weighted by atomic mass is 10.3. The average Bonchev–Trinajstić information content (AvgIpc) is 2.17. The van der Waals surface area contributed by atoms with Gasteiger partial charge in [0.2, 0.25) is 5.43 Å². The van der Waals surface area contributed by atoms with Crippen molar-refractivity contribution in [1.29, 1.82) is 0 Å². The van der Waals surface area contributed by atoms with Gasteiger partial charge in [-0.25, -0.2) is 4.68 Å². The molecule has 6 nitrogen and oxygen atoms in total. The number of amides is 1. The third kappa shape index (κ3) is 1.49. The first-order valence-electron chi connectivity index (χ1n) is 3.68. The number of methoxy groups -OCH3 is 1. The zero-order valence-corrected chi connectivity index (χ0v) is 7.56. The molecule has 0 aliphatic rings. The summed E-state index contributed by atoms with van der Waals surface area (Å²) in [4.78, 5) is 22.2. The van der Waals surface area contributed by atoms with Gasteiger partial charge in [-0.1, -0.05) is 0 Å². The summed E-state index contributed by atoms with van der Waals surface area (Å²) in [5, 5.41) is 3.49. The predicted molar refractivity (Wildman–Crippen MR) is 50.7 cm³/mol. The van der Waals surface area contributed by atoms with Crippen molar-refractivity contribution in [3.05, 3.63) is 28.2 Å². The summed E-state index contributed by atoms with van der Waals surface area (Å²) < 4.78 is 5.84. The molecule has 0 spiro atoms. The molecular formula is C8H9N3O3. The van der Waals surface area contributed by atoms with Crippen LogP contribution >= 0.6 is 0 Å². The van der Waals surface area contributed by atoms with Gasteiger partial charge in [0.1, 0.15) is 0 Å². The van der Waals surface area contributed by atoms with E-state index in [1.165, 1.54) is 19.4 Å². The van der Waals surface area contributed by atoms with Crippen molar-refractivity contribution in [2.24, 2.45) is 10.8 Å². The molecule has 1 amide bonds. The van der Waals surface area contributed by atoms with Crippen LogP contribution in [0.25, 0.3) is 0 Å². The van der Waals surface area contributed by atoms with E-state index >= 15 is 0 Å². The molecule has 0 saturated carbocycles. The Labute approximate surface area is 79.6 Å². The van der Waals surface area contributed by atoms with E-state index in [-0.39, 0.29) is 11.4 Å². The lowest BCUT2D eigenvalue weighted by Gasteiger charge is -2.08. The SMILES string of the molecule is C=Nn1ccc(=O)c(OC)c1C(N)=O. The first-order valence-corrected chi connectivity index (χ1v) is 3.68. The van der Waals surface area contributed by atoms with Crippen molar-refractivity contribution in [3.63, 3.8) is 0 Å². The minimum atomic E-state index is -0.799. The maximum Gasteiger partial charge on any atom is 0.271 e. The molecule has 1 rings (SSSR count). The van der Waals surface area contributed by atoms with Gasteiger partial charge in [-0.3, -0.25) is 9.59 Å². The van der Waals surface area contributed by atoms with E-state index < -0.39 is 11.3 Å². The highest BCUT2D eigenvalue weighted by Gasteiger charge is 2.16. The Balaban J connectivity index is 3.60. The minimum Gasteiger partial charge on any atom is -0.491 e. The maximum atomic E-state index is 11.2. The maximum absolute atomic E-state index is 11.2. The molecule has 2 N–H and O–H groups in total. The molecule has 1 heterocycles. The smallest absolute Gasteiger partial charge is 0.271 e. The van der Waals surface area contributed by atoms with Gasteiger partial charge in [-0.2, -0.15) is 5.10 Å². The van der Waals surface area contributed by atoms with Crippen molar-refractivity contribution >= 4 is 12.6 Å². The lowest BCUT2D eigenvalue weighted by molar-refractivity contribution is 0.0988. The van der Waals surface area contributed by atoms with Crippen LogP contribution in [0.3, 0.4) is 0 Å². The van der Waals surface area contributed by atoms with Crippen LogP contribution in [0.1, 0.15) is 10.5 Å². The number of nitrogens with two attached hydrogens (primary N) is 1. The summed E-state index contributed by atoms with van der Waals surface area (Å²) >= 11 is 0. The van der Waals surface area contributed by atoms with Crippen LogP contribution in [0.5, 0.6) is 5.75 Å². The fourth-order valence-corrected chi connectivity index (χ4v) is 1.05. The van der Waals surface area contributed by atoms with E-state index in [2.05, 4.69) is 11.8 Å². The van der Waals surface area contributed by atoms with E-state index in [1.54, 1.807) is 0 Å². The molecule has 0 aliphatic heterocycles. The number of aromatic nitrogens is 1. The Morgan fingerprint density at radius 2 is 2.36 bits per heavy atom. The van der Waals surface area contributed by atoms with E-state index in [9.17, 15) is 9.59 Å². The van der Waals surface area contributed by atoms with Crippen molar-refractivity contribution in [1.82, 2.24) is 4.68 Å². The van der Waals surface area contributed by atoms with Gasteiger partial charge in [0.05, 0.1) is 7.11 Å². The largest absolute Gasteiger partial charge is 0.491 e. The van der Waals surface area contributed by atoms with Crippen LogP contribution in [-0.4, -0.2) is 24.4 Å². The Morgan fingerprint density at radius 3 is 2.79 bits per heavy atom. The van der Waals surface area contributed by atoms with Gasteiger partial charge in [0, 0.05) is 19.0 Å². The molecule has 0 saturated heterocycles. The molecule has 0 fully saturated rings. The first-order chi connectivity index (χ1) is 6.61. The normalized spacial score (nSPS) is 9.50. The van der Waals surface area contributed by atoms with Crippen molar-refractivity contribution in [2.75, 3.05) is 7.11 Å². The first kappa shape index (κ1) is 9.97. The molecule has 0 atom stereocenters. The van der Waals surface area contributed by atoms with Gasteiger partial charge in [0.25, 0.3) is 5.91 Å². The number of carbonyl (C=O) groups is 1. The second-order valence-corrected chi connectivity index (χ2v) is 2.41. The van der Waals surface area contributed by atoms with Crippen LogP contribution in [0.4, 0.5) is 0 Å². The summed E-state index contributed by atoms with van der Waals surface area (Å²) in [6, 6.07) is 1.21. The van der Waals surface area contributed by atoms with E-state index in [4.69, 9.17) is 10.5 Å². The summed E-state index contributed by atoms with van der Waals surface area (Å²) in [6.45, 7) is 3.23. The number of primary amides is 1. The van der Waals surface area contributed by atoms with E-state index in [0.29, 0.717) is 0 Å². The highest BCUT2D eigenvalue weighted by molar-refractivity contribution is 5.93. The highest BCUT2D eigenvalue weighted by Crippen LogP contribution is 2.11. The van der Waals surface area contributed by atoms with Crippen molar-refractivity contribution in [2.45, 2.75) is 0 Å². The number of pyridine rings is 1. The third-order valence-corrected chi connectivity index (χ3v) is 1.62. The summed E-state index contributed by atoms with van der Waals surface area (Å²) in [5.41, 5.74) is 4.52. The number of rotatable bonds is 3. The summed E-state index contributed by atoms with van der Waals surface area (Å²) in [7, 11) is 1.27. The lowest BCUT2D eigenvalue weighted by Crippen LogP contribution is -2.22. The van der Waals surface area contributed by atoms with E-state index in [1.807, 2.05) is 0 Å². The monoisotopic (exact) mass is 195 g/mol. The van der Waals surface area contributed by atoms with Crippen molar-refractivity contribution in [3.8, 4) is 5.75 Å². The van der Waals surface area contributed by atoms with Gasteiger partial charge < -0.3 is 10.5 Å². The van der Waals surface area contributed by atoms with E-state index in [0.717, 1.165) is 4.68 Å². The molecule has 0 aliphatic carbocycles. The standard InChI is InChI=1S/C8H9N3O3/c1-10-11-4-3-5(12)7(14-2)6(11)8(9)13/h3-4H,1H2,2H3,(H2,9,13). The highest BCUT2D eigenvalue weighted by atomic mass is 16.5. The molecule has 0 aromatic carbocycles. The van der Waals surface area contributed by atoms with Crippen LogP contribution in [-0.2, 0) is 0 Å². The van der Waals surface area contributed by atoms with Gasteiger partial charge >= 0.3 is 0 Å². The molecule has 6 heteroatoms. The van der Waals surface area contributed by atoms with Crippen LogP contribution in [0, 0.1) is 0 Å². The number of nitrogens with zero attached hydrogens (tertiary/aromatic N) is 2. The summed E-state index contributed by atoms with van der Waals surface area (Å²) in [5.74, 6) is -0.931. The molecule has 14 heavy (non-hydrogen) atoms. The minimum absolute atomic E-state index is 0.116. The fraction of sp³-hybridized carbons (Fsp3) is 0.125. The molecule has 0 unspecified atom stereocenters. The Kier molecular flexibility index (Phi) is 2.66. The van der Waals surface area contributed by atoms with Gasteiger partial charge in [0.15, 0.2) is 11.4 Å². The Bertz CT molecular complexity index is 436. The molecule has 0 bridgehead atoms. The number of hydrogen-bond acceptors (Lipinski definition) is 4.